The number of amides is 2. The summed E-state index contributed by atoms with van der Waals surface area (Å²) >= 11 is 1.65. The molecule has 2 aromatic carbocycles. The highest BCUT2D eigenvalue weighted by Gasteiger charge is 2.44. The lowest BCUT2D eigenvalue weighted by molar-refractivity contribution is -0.176. The van der Waals surface area contributed by atoms with Crippen LogP contribution in [0, 0.1) is 0 Å². The van der Waals surface area contributed by atoms with E-state index in [-0.39, 0.29) is 24.3 Å². The van der Waals surface area contributed by atoms with Crippen molar-refractivity contribution in [2.45, 2.75) is 163 Å². The number of rotatable bonds is 8. The van der Waals surface area contributed by atoms with E-state index in [0.29, 0.717) is 30.6 Å². The van der Waals surface area contributed by atoms with Gasteiger partial charge in [0, 0.05) is 44.3 Å². The average molecular weight is 919 g/mol. The van der Waals surface area contributed by atoms with Gasteiger partial charge in [0.1, 0.15) is 28.1 Å². The lowest BCUT2D eigenvalue weighted by atomic mass is 9.92. The van der Waals surface area contributed by atoms with Crippen LogP contribution in [0.25, 0.3) is 0 Å². The third-order valence-corrected chi connectivity index (χ3v) is 15.8. The van der Waals surface area contributed by atoms with Crippen LogP contribution in [0.15, 0.2) is 22.4 Å². The Bertz CT molecular complexity index is 2430. The quantitative estimate of drug-likeness (QED) is 0.105. The fourth-order valence-electron chi connectivity index (χ4n) is 9.92. The molecule has 0 bridgehead atoms. The number of aryl methyl sites for hydroxylation is 4. The highest BCUT2D eigenvalue weighted by atomic mass is 32.2. The van der Waals surface area contributed by atoms with Crippen molar-refractivity contribution in [1.82, 2.24) is 40.2 Å². The van der Waals surface area contributed by atoms with E-state index in [2.05, 4.69) is 37.5 Å². The van der Waals surface area contributed by atoms with Gasteiger partial charge in [-0.05, 0) is 174 Å². The Kier molecular flexibility index (Phi) is 13.2. The molecule has 64 heavy (non-hydrogen) atoms. The topological polar surface area (TPSA) is 217 Å². The van der Waals surface area contributed by atoms with Crippen LogP contribution in [-0.4, -0.2) is 119 Å². The molecule has 0 saturated carbocycles. The summed E-state index contributed by atoms with van der Waals surface area (Å²) in [5.74, 6) is 1.54. The Hall–Kier alpha value is -4.52. The van der Waals surface area contributed by atoms with Crippen molar-refractivity contribution in [3.63, 3.8) is 0 Å². The van der Waals surface area contributed by atoms with E-state index in [1.165, 1.54) is 89.6 Å². The summed E-state index contributed by atoms with van der Waals surface area (Å²) in [6.07, 6.45) is 14.9. The molecule has 0 spiro atoms. The number of likely N-dealkylation sites (tertiary alicyclic amines) is 2. The van der Waals surface area contributed by atoms with Gasteiger partial charge in [0.25, 0.3) is 5.16 Å². The lowest BCUT2D eigenvalue weighted by Crippen LogP contribution is -2.57. The number of carbonyl (C=O) groups excluding carboxylic acids is 2. The van der Waals surface area contributed by atoms with E-state index in [1.807, 2.05) is 20.8 Å². The predicted molar refractivity (Wildman–Crippen MR) is 241 cm³/mol. The van der Waals surface area contributed by atoms with Crippen molar-refractivity contribution in [2.75, 3.05) is 26.2 Å². The van der Waals surface area contributed by atoms with Gasteiger partial charge in [0.05, 0.1) is 0 Å². The summed E-state index contributed by atoms with van der Waals surface area (Å²) in [7, 11) is -3.71. The van der Waals surface area contributed by atoms with E-state index in [4.69, 9.17) is 25.0 Å². The van der Waals surface area contributed by atoms with E-state index in [0.717, 1.165) is 43.1 Å². The first-order valence-corrected chi connectivity index (χ1v) is 25.1. The first kappa shape index (κ1) is 46.0. The third-order valence-electron chi connectivity index (χ3n) is 12.9. The minimum atomic E-state index is -3.71. The maximum atomic E-state index is 13.0. The molecule has 0 unspecified atom stereocenters. The number of hydrogen-bond donors (Lipinski definition) is 4. The molecule has 0 atom stereocenters. The summed E-state index contributed by atoms with van der Waals surface area (Å²) < 4.78 is 36.7. The fraction of sp³-hybridized carbons (Fsp3) is 0.609. The molecule has 6 aliphatic rings. The van der Waals surface area contributed by atoms with Crippen LogP contribution in [0.5, 0.6) is 0 Å². The van der Waals surface area contributed by atoms with Crippen molar-refractivity contribution in [2.24, 2.45) is 0 Å². The van der Waals surface area contributed by atoms with Crippen LogP contribution in [-0.2, 0) is 83.5 Å². The second-order valence-electron chi connectivity index (χ2n) is 19.8. The second kappa shape index (κ2) is 18.4. The minimum absolute atomic E-state index is 0.0980. The molecule has 4 N–H and O–H groups in total. The Labute approximate surface area is 379 Å². The van der Waals surface area contributed by atoms with Crippen LogP contribution in [0.4, 0.5) is 9.59 Å². The maximum absolute atomic E-state index is 13.0. The van der Waals surface area contributed by atoms with Crippen LogP contribution in [0.1, 0.15) is 135 Å². The molecular formula is C46H62N8O8S2. The standard InChI is InChI=1S/C23H30N4O4S.C23H30N4O2S.H2O2/c1-23(2,3)31-22(28)27-12-16(13-27)32(29,30)21-24-20(25-26-21)11-19-17-8-4-6-14(17)10-15-7-5-9-18(15)19;1-23(2,3)29-22(28)27-12-16(13-27)30-21-24-20(25-26-21)11-19-17-8-4-6-14(17)10-15-7-5-9-18(15)19;1-2/h10,16H,4-9,11-13H2,1-3H3,(H,24,25,26);10,16H,4-9,11-13H2,1-3H3,(H,24,25,26);1-2H. The Morgan fingerprint density at radius 1 is 0.656 bits per heavy atom. The average Bonchev–Trinajstić information content (AvgIpc) is 4.04. The van der Waals surface area contributed by atoms with Crippen LogP contribution >= 0.6 is 11.8 Å². The minimum Gasteiger partial charge on any atom is -0.444 e. The summed E-state index contributed by atoms with van der Waals surface area (Å²) in [4.78, 5) is 36.5. The van der Waals surface area contributed by atoms with E-state index >= 15 is 0 Å². The number of fused-ring (bicyclic) bond motifs is 4. The number of nitrogens with zero attached hydrogens (tertiary/aromatic N) is 6. The zero-order chi connectivity index (χ0) is 45.6. The van der Waals surface area contributed by atoms with E-state index < -0.39 is 32.4 Å². The van der Waals surface area contributed by atoms with E-state index in [9.17, 15) is 18.0 Å². The van der Waals surface area contributed by atoms with Gasteiger partial charge in [-0.25, -0.2) is 28.0 Å². The maximum Gasteiger partial charge on any atom is 0.410 e. The molecule has 4 aromatic rings. The summed E-state index contributed by atoms with van der Waals surface area (Å²) in [6.45, 7) is 12.6. The fourth-order valence-corrected chi connectivity index (χ4v) is 12.4. The van der Waals surface area contributed by atoms with Crippen LogP contribution < -0.4 is 0 Å². The number of sulfone groups is 1. The van der Waals surface area contributed by atoms with Gasteiger partial charge in [-0.3, -0.25) is 20.7 Å². The van der Waals surface area contributed by atoms with E-state index in [1.54, 1.807) is 59.7 Å². The van der Waals surface area contributed by atoms with Crippen molar-refractivity contribution in [3.05, 3.63) is 79.4 Å². The number of nitrogens with one attached hydrogen (secondary N) is 2. The number of H-pyrrole nitrogens is 2. The van der Waals surface area contributed by atoms with Gasteiger partial charge in [-0.2, -0.15) is 0 Å². The molecule has 2 fully saturated rings. The number of hydrogen-bond acceptors (Lipinski definition) is 13. The molecule has 18 heteroatoms. The largest absolute Gasteiger partial charge is 0.444 e. The first-order valence-electron chi connectivity index (χ1n) is 22.7. The smallest absolute Gasteiger partial charge is 0.410 e. The lowest BCUT2D eigenvalue weighted by Gasteiger charge is -2.38. The Morgan fingerprint density at radius 3 is 1.50 bits per heavy atom. The molecule has 2 aromatic heterocycles. The van der Waals surface area contributed by atoms with Gasteiger partial charge < -0.3 is 19.3 Å². The molecule has 10 rings (SSSR count). The SMILES string of the molecule is CC(C)(C)OC(=O)N1CC(S(=O)(=O)c2n[nH]c(Cc3c4c(cc5c3CCC5)CCC4)n2)C1.CC(C)(C)OC(=O)N1CC(Sc2n[nH]c(Cc3c4c(cc5c3CCC5)CCC4)n2)C1.OO. The van der Waals surface area contributed by atoms with Crippen molar-refractivity contribution < 1.29 is 38.0 Å². The number of aromatic amines is 2. The molecule has 0 radical (unpaired) electrons. The molecule has 16 nitrogen and oxygen atoms in total. The van der Waals surface area contributed by atoms with Crippen LogP contribution in [0.3, 0.4) is 0 Å². The van der Waals surface area contributed by atoms with Crippen molar-refractivity contribution >= 4 is 33.8 Å². The van der Waals surface area contributed by atoms with Crippen molar-refractivity contribution in [3.8, 4) is 0 Å². The zero-order valence-corrected chi connectivity index (χ0v) is 39.5. The predicted octanol–water partition coefficient (Wildman–Crippen LogP) is 6.87. The summed E-state index contributed by atoms with van der Waals surface area (Å²) in [5, 5.41) is 26.7. The number of ether oxygens (including phenoxy) is 2. The molecule has 346 valence electrons. The van der Waals surface area contributed by atoms with Gasteiger partial charge in [0.2, 0.25) is 15.0 Å². The molecule has 4 aliphatic carbocycles. The molecule has 2 aliphatic heterocycles. The second-order valence-corrected chi connectivity index (χ2v) is 23.2. The Morgan fingerprint density at radius 2 is 1.06 bits per heavy atom. The molecule has 2 amide bonds. The molecule has 2 saturated heterocycles. The summed E-state index contributed by atoms with van der Waals surface area (Å²) in [6, 6.07) is 4.86. The highest BCUT2D eigenvalue weighted by Crippen LogP contribution is 2.38. The monoisotopic (exact) mass is 918 g/mol. The van der Waals surface area contributed by atoms with Crippen LogP contribution in [0.2, 0.25) is 0 Å². The summed E-state index contributed by atoms with van der Waals surface area (Å²) in [5.41, 5.74) is 13.8. The Balaban J connectivity index is 0.000000169. The molecule has 4 heterocycles. The zero-order valence-electron chi connectivity index (χ0n) is 37.9. The van der Waals surface area contributed by atoms with Gasteiger partial charge in [-0.15, -0.1) is 10.2 Å². The normalized spacial score (nSPS) is 17.9. The first-order chi connectivity index (χ1) is 30.5. The highest BCUT2D eigenvalue weighted by molar-refractivity contribution is 7.99. The molecular weight excluding hydrogens is 857 g/mol. The van der Waals surface area contributed by atoms with Crippen molar-refractivity contribution in [1.29, 1.82) is 0 Å². The van der Waals surface area contributed by atoms with Gasteiger partial charge in [0.15, 0.2) is 0 Å². The number of carbonyl (C=O) groups is 2. The van der Waals surface area contributed by atoms with Gasteiger partial charge in [-0.1, -0.05) is 23.9 Å². The van der Waals surface area contributed by atoms with Gasteiger partial charge >= 0.3 is 12.2 Å². The third kappa shape index (κ3) is 9.99. The number of benzene rings is 2. The number of aromatic nitrogens is 6. The number of thioether (sulfide) groups is 1.